The first kappa shape index (κ1) is 22.0. The van der Waals surface area contributed by atoms with Crippen LogP contribution in [0, 0.1) is 15.9 Å². The number of ketones is 1. The van der Waals surface area contributed by atoms with Crippen molar-refractivity contribution in [1.82, 2.24) is 5.32 Å². The van der Waals surface area contributed by atoms with Crippen LogP contribution in [0.4, 0.5) is 10.1 Å². The Bertz CT molecular complexity index is 1240. The highest BCUT2D eigenvalue weighted by atomic mass is 19.1. The van der Waals surface area contributed by atoms with Gasteiger partial charge in [0.05, 0.1) is 18.1 Å². The van der Waals surface area contributed by atoms with Crippen LogP contribution in [-0.2, 0) is 15.1 Å². The molecule has 2 atom stereocenters. The fourth-order valence-electron chi connectivity index (χ4n) is 3.94. The zero-order chi connectivity index (χ0) is 23.6. The average molecular weight is 446 g/mol. The Hall–Kier alpha value is -4.17. The standard InChI is InChI=1S/C25H19FN2O5/c1-33-24(30)25(18-9-11-19(26)12-10-18)15-21(23(29)17-5-3-2-4-6-17)22(27-25)16-7-13-20(14-8-16)28(31)32/h2-15,22,27H,1H3/t22-,25-/m0/s1. The first-order chi connectivity index (χ1) is 15.9. The first-order valence-electron chi connectivity index (χ1n) is 10.0. The van der Waals surface area contributed by atoms with E-state index in [1.165, 1.54) is 61.7 Å². The summed E-state index contributed by atoms with van der Waals surface area (Å²) in [5.41, 5.74) is -0.0479. The lowest BCUT2D eigenvalue weighted by Crippen LogP contribution is -2.46. The lowest BCUT2D eigenvalue weighted by molar-refractivity contribution is -0.384. The molecule has 0 saturated carbocycles. The van der Waals surface area contributed by atoms with E-state index in [1.54, 1.807) is 30.3 Å². The van der Waals surface area contributed by atoms with Crippen molar-refractivity contribution >= 4 is 17.4 Å². The molecule has 0 amide bonds. The smallest absolute Gasteiger partial charge is 0.334 e. The van der Waals surface area contributed by atoms with Crippen LogP contribution < -0.4 is 5.32 Å². The van der Waals surface area contributed by atoms with Crippen molar-refractivity contribution in [2.24, 2.45) is 0 Å². The quantitative estimate of drug-likeness (QED) is 0.263. The van der Waals surface area contributed by atoms with Gasteiger partial charge in [-0.25, -0.2) is 9.18 Å². The number of ether oxygens (including phenoxy) is 1. The Labute approximate surface area is 188 Å². The number of nitro benzene ring substituents is 1. The van der Waals surface area contributed by atoms with Gasteiger partial charge in [-0.3, -0.25) is 20.2 Å². The molecular weight excluding hydrogens is 427 g/mol. The molecule has 0 aliphatic carbocycles. The highest BCUT2D eigenvalue weighted by Crippen LogP contribution is 2.41. The van der Waals surface area contributed by atoms with Crippen LogP contribution in [0.2, 0.25) is 0 Å². The third-order valence-corrected chi connectivity index (χ3v) is 5.60. The number of hydrogen-bond acceptors (Lipinski definition) is 6. The third kappa shape index (κ3) is 4.04. The molecule has 0 saturated heterocycles. The number of carbonyl (C=O) groups is 2. The number of non-ortho nitro benzene ring substituents is 1. The second-order valence-electron chi connectivity index (χ2n) is 7.53. The van der Waals surface area contributed by atoms with Crippen LogP contribution in [0.3, 0.4) is 0 Å². The van der Waals surface area contributed by atoms with E-state index < -0.39 is 28.3 Å². The van der Waals surface area contributed by atoms with Crippen LogP contribution in [-0.4, -0.2) is 23.8 Å². The molecule has 7 nitrogen and oxygen atoms in total. The summed E-state index contributed by atoms with van der Waals surface area (Å²) in [5.74, 6) is -1.48. The summed E-state index contributed by atoms with van der Waals surface area (Å²) in [4.78, 5) is 37.0. The number of halogens is 1. The van der Waals surface area contributed by atoms with Gasteiger partial charge in [0.25, 0.3) is 5.69 Å². The molecule has 33 heavy (non-hydrogen) atoms. The lowest BCUT2D eigenvalue weighted by atomic mass is 9.89. The molecule has 1 aliphatic heterocycles. The van der Waals surface area contributed by atoms with Crippen LogP contribution in [0.5, 0.6) is 0 Å². The van der Waals surface area contributed by atoms with Gasteiger partial charge in [-0.1, -0.05) is 54.6 Å². The normalized spacial score (nSPS) is 19.6. The minimum absolute atomic E-state index is 0.102. The van der Waals surface area contributed by atoms with E-state index in [0.717, 1.165) is 0 Å². The zero-order valence-electron chi connectivity index (χ0n) is 17.5. The number of nitrogens with zero attached hydrogens (tertiary/aromatic N) is 1. The molecule has 0 bridgehead atoms. The second kappa shape index (κ2) is 8.76. The monoisotopic (exact) mass is 446 g/mol. The van der Waals surface area contributed by atoms with Gasteiger partial charge in [0.1, 0.15) is 5.82 Å². The van der Waals surface area contributed by atoms with Crippen molar-refractivity contribution in [1.29, 1.82) is 0 Å². The van der Waals surface area contributed by atoms with E-state index in [9.17, 15) is 24.1 Å². The van der Waals surface area contributed by atoms with Gasteiger partial charge in [0.2, 0.25) is 0 Å². The Balaban J connectivity index is 1.87. The predicted molar refractivity (Wildman–Crippen MR) is 118 cm³/mol. The Morgan fingerprint density at radius 3 is 2.21 bits per heavy atom. The molecule has 0 spiro atoms. The lowest BCUT2D eigenvalue weighted by Gasteiger charge is -2.28. The first-order valence-corrected chi connectivity index (χ1v) is 10.0. The molecule has 166 valence electrons. The van der Waals surface area contributed by atoms with Crippen molar-refractivity contribution in [2.75, 3.05) is 7.11 Å². The van der Waals surface area contributed by atoms with Crippen LogP contribution in [0.1, 0.15) is 27.5 Å². The molecule has 1 aliphatic rings. The molecule has 0 radical (unpaired) electrons. The summed E-state index contributed by atoms with van der Waals surface area (Å²) in [6, 6.07) is 18.8. The molecule has 0 fully saturated rings. The fraction of sp³-hybridized carbons (Fsp3) is 0.120. The number of hydrogen-bond donors (Lipinski definition) is 1. The number of rotatable bonds is 6. The van der Waals surface area contributed by atoms with Gasteiger partial charge in [0, 0.05) is 23.3 Å². The summed E-state index contributed by atoms with van der Waals surface area (Å²) >= 11 is 0. The maximum atomic E-state index is 13.6. The number of benzene rings is 3. The van der Waals surface area contributed by atoms with Gasteiger partial charge in [-0.15, -0.1) is 0 Å². The van der Waals surface area contributed by atoms with E-state index in [0.29, 0.717) is 16.7 Å². The Morgan fingerprint density at radius 1 is 1.00 bits per heavy atom. The molecule has 1 N–H and O–H groups in total. The van der Waals surface area contributed by atoms with Crippen molar-refractivity contribution in [3.63, 3.8) is 0 Å². The SMILES string of the molecule is COC(=O)[C@@]1(c2ccc(F)cc2)C=C(C(=O)c2ccccc2)[C@H](c2ccc([N+](=O)[O-])cc2)N1. The maximum absolute atomic E-state index is 13.6. The summed E-state index contributed by atoms with van der Waals surface area (Å²) in [6.07, 6.45) is 1.49. The molecular formula is C25H19FN2O5. The second-order valence-corrected chi connectivity index (χ2v) is 7.53. The van der Waals surface area contributed by atoms with E-state index >= 15 is 0 Å². The van der Waals surface area contributed by atoms with Crippen molar-refractivity contribution in [3.8, 4) is 0 Å². The molecule has 3 aromatic rings. The number of carbonyl (C=O) groups excluding carboxylic acids is 2. The largest absolute Gasteiger partial charge is 0.467 e. The van der Waals surface area contributed by atoms with Gasteiger partial charge in [-0.2, -0.15) is 0 Å². The minimum atomic E-state index is -1.56. The number of methoxy groups -OCH3 is 1. The van der Waals surface area contributed by atoms with E-state index in [4.69, 9.17) is 4.74 Å². The Morgan fingerprint density at radius 2 is 1.64 bits per heavy atom. The highest BCUT2D eigenvalue weighted by molar-refractivity contribution is 6.11. The Kier molecular flexibility index (Phi) is 5.85. The zero-order valence-corrected chi connectivity index (χ0v) is 17.5. The summed E-state index contributed by atoms with van der Waals surface area (Å²) in [6.45, 7) is 0. The van der Waals surface area contributed by atoms with Crippen LogP contribution in [0.25, 0.3) is 0 Å². The fourth-order valence-corrected chi connectivity index (χ4v) is 3.94. The van der Waals surface area contributed by atoms with E-state index in [1.807, 2.05) is 0 Å². The summed E-state index contributed by atoms with van der Waals surface area (Å²) in [7, 11) is 1.22. The van der Waals surface area contributed by atoms with E-state index in [2.05, 4.69) is 5.32 Å². The maximum Gasteiger partial charge on any atom is 0.334 e. The van der Waals surface area contributed by atoms with Crippen molar-refractivity contribution in [3.05, 3.63) is 123 Å². The summed E-state index contributed by atoms with van der Waals surface area (Å²) < 4.78 is 18.6. The highest BCUT2D eigenvalue weighted by Gasteiger charge is 2.48. The minimum Gasteiger partial charge on any atom is -0.467 e. The molecule has 8 heteroatoms. The predicted octanol–water partition coefficient (Wildman–Crippen LogP) is 4.26. The molecule has 3 aromatic carbocycles. The van der Waals surface area contributed by atoms with E-state index in [-0.39, 0.29) is 17.0 Å². The van der Waals surface area contributed by atoms with Crippen LogP contribution >= 0.6 is 0 Å². The number of nitrogens with one attached hydrogen (secondary N) is 1. The van der Waals surface area contributed by atoms with Gasteiger partial charge in [-0.05, 0) is 29.3 Å². The van der Waals surface area contributed by atoms with Crippen molar-refractivity contribution in [2.45, 2.75) is 11.6 Å². The van der Waals surface area contributed by atoms with Crippen molar-refractivity contribution < 1.29 is 23.6 Å². The molecule has 1 heterocycles. The molecule has 0 unspecified atom stereocenters. The summed E-state index contributed by atoms with van der Waals surface area (Å²) in [5, 5.41) is 14.2. The average Bonchev–Trinajstić information content (AvgIpc) is 3.26. The number of nitro groups is 1. The molecule has 4 rings (SSSR count). The number of esters is 1. The topological polar surface area (TPSA) is 98.5 Å². The van der Waals surface area contributed by atoms with Crippen LogP contribution in [0.15, 0.2) is 90.5 Å². The number of Topliss-reactive ketones (excluding diaryl/α,β-unsaturated/α-hetero) is 1. The third-order valence-electron chi connectivity index (χ3n) is 5.60. The van der Waals surface area contributed by atoms with Gasteiger partial charge < -0.3 is 4.74 Å². The molecule has 0 aromatic heterocycles. The van der Waals surface area contributed by atoms with Gasteiger partial charge >= 0.3 is 5.97 Å². The van der Waals surface area contributed by atoms with Gasteiger partial charge in [0.15, 0.2) is 11.3 Å².